The van der Waals surface area contributed by atoms with E-state index in [0.29, 0.717) is 10.3 Å². The molecule has 1 heterocycles. The Morgan fingerprint density at radius 2 is 2.45 bits per heavy atom. The van der Waals surface area contributed by atoms with Crippen molar-refractivity contribution in [3.8, 4) is 0 Å². The van der Waals surface area contributed by atoms with Crippen LogP contribution in [0.5, 0.6) is 0 Å². The molecule has 62 valence electrons. The zero-order valence-corrected chi connectivity index (χ0v) is 9.95. The molecule has 5 heteroatoms. The minimum Gasteiger partial charge on any atom is -0.291 e. The van der Waals surface area contributed by atoms with Crippen molar-refractivity contribution >= 4 is 50.0 Å². The predicted molar refractivity (Wildman–Crippen MR) is 55.3 cm³/mol. The Labute approximate surface area is 87.9 Å². The van der Waals surface area contributed by atoms with Crippen LogP contribution in [0.1, 0.15) is 15.5 Å². The summed E-state index contributed by atoms with van der Waals surface area (Å²) in [5.41, 5.74) is 0.911. The van der Waals surface area contributed by atoms with Crippen LogP contribution >= 0.6 is 44.2 Å². The van der Waals surface area contributed by atoms with Gasteiger partial charge < -0.3 is 0 Å². The number of hydrogen-bond acceptors (Lipinski definition) is 3. The predicted octanol–water partition coefficient (Wildman–Crippen LogP) is 2.61. The van der Waals surface area contributed by atoms with Gasteiger partial charge in [-0.05, 0) is 6.92 Å². The molecule has 11 heavy (non-hydrogen) atoms. The summed E-state index contributed by atoms with van der Waals surface area (Å²) in [6, 6.07) is 0. The van der Waals surface area contributed by atoms with Crippen molar-refractivity contribution in [1.82, 2.24) is 4.98 Å². The lowest BCUT2D eigenvalue weighted by Gasteiger charge is -1.84. The van der Waals surface area contributed by atoms with Gasteiger partial charge in [0.05, 0.1) is 5.33 Å². The van der Waals surface area contributed by atoms with Gasteiger partial charge >= 0.3 is 0 Å². The van der Waals surface area contributed by atoms with Crippen LogP contribution in [0, 0.1) is 6.92 Å². The zero-order valence-electron chi connectivity index (χ0n) is 5.83. The Bertz CT molecular complexity index is 248. The maximum atomic E-state index is 10.9. The summed E-state index contributed by atoms with van der Waals surface area (Å²) in [5, 5.41) is 2.82. The topological polar surface area (TPSA) is 30.0 Å². The molecular formula is C6H7Br2NOS. The highest BCUT2D eigenvalue weighted by Gasteiger charge is 2.06. The van der Waals surface area contributed by atoms with E-state index in [2.05, 4.69) is 20.9 Å². The number of aryl methyl sites for hydroxylation is 1. The summed E-state index contributed by atoms with van der Waals surface area (Å²) in [6.07, 6.45) is 0. The lowest BCUT2D eigenvalue weighted by Crippen LogP contribution is -1.98. The average molecular weight is 301 g/mol. The fourth-order valence-corrected chi connectivity index (χ4v) is 1.73. The number of carbonyl (C=O) groups excluding carboxylic acids is 1. The second-order valence-electron chi connectivity index (χ2n) is 1.85. The maximum Gasteiger partial charge on any atom is 0.201 e. The quantitative estimate of drug-likeness (QED) is 0.621. The summed E-state index contributed by atoms with van der Waals surface area (Å²) in [7, 11) is 0. The first kappa shape index (κ1) is 11.3. The highest BCUT2D eigenvalue weighted by Crippen LogP contribution is 2.09. The van der Waals surface area contributed by atoms with E-state index in [9.17, 15) is 4.79 Å². The van der Waals surface area contributed by atoms with E-state index in [4.69, 9.17) is 0 Å². The van der Waals surface area contributed by atoms with Crippen molar-refractivity contribution < 1.29 is 4.79 Å². The molecule has 0 saturated heterocycles. The van der Waals surface area contributed by atoms with Gasteiger partial charge in [0.25, 0.3) is 0 Å². The molecule has 0 aliphatic carbocycles. The molecule has 1 aromatic heterocycles. The molecule has 0 fully saturated rings. The van der Waals surface area contributed by atoms with Gasteiger partial charge in [-0.15, -0.1) is 28.3 Å². The molecule has 2 nitrogen and oxygen atoms in total. The first-order valence-electron chi connectivity index (χ1n) is 2.75. The molecule has 0 unspecified atom stereocenters. The number of rotatable bonds is 2. The molecule has 0 N–H and O–H groups in total. The molecule has 1 aromatic rings. The van der Waals surface area contributed by atoms with Crippen LogP contribution in [0.4, 0.5) is 0 Å². The molecule has 0 radical (unpaired) electrons. The van der Waals surface area contributed by atoms with Gasteiger partial charge in [-0.1, -0.05) is 15.9 Å². The fourth-order valence-electron chi connectivity index (χ4n) is 0.539. The molecule has 0 aliphatic rings. The third-order valence-corrected chi connectivity index (χ3v) is 2.49. The molecule has 0 aromatic carbocycles. The molecule has 1 rings (SSSR count). The average Bonchev–Trinajstić information content (AvgIpc) is 2.34. The normalized spacial score (nSPS) is 8.91. The van der Waals surface area contributed by atoms with Crippen molar-refractivity contribution in [2.45, 2.75) is 6.92 Å². The van der Waals surface area contributed by atoms with Crippen LogP contribution in [-0.2, 0) is 0 Å². The smallest absolute Gasteiger partial charge is 0.201 e. The second kappa shape index (κ2) is 5.00. The van der Waals surface area contributed by atoms with Crippen molar-refractivity contribution in [2.75, 3.05) is 5.33 Å². The van der Waals surface area contributed by atoms with E-state index in [1.54, 1.807) is 0 Å². The summed E-state index contributed by atoms with van der Waals surface area (Å²) in [5.74, 6) is 0.0538. The summed E-state index contributed by atoms with van der Waals surface area (Å²) < 4.78 is 0. The Morgan fingerprint density at radius 1 is 1.82 bits per heavy atom. The SMILES string of the molecule is Br.Cc1csc(C(=O)CBr)n1. The van der Waals surface area contributed by atoms with Gasteiger partial charge in [0.1, 0.15) is 0 Å². The number of halogens is 2. The standard InChI is InChI=1S/C6H6BrNOS.BrH/c1-4-3-10-6(8-4)5(9)2-7;/h3H,2H2,1H3;1H. The Hall–Kier alpha value is 0.260. The minimum absolute atomic E-state index is 0. The van der Waals surface area contributed by atoms with Crippen molar-refractivity contribution in [1.29, 1.82) is 0 Å². The highest BCUT2D eigenvalue weighted by molar-refractivity contribution is 9.09. The third-order valence-electron chi connectivity index (χ3n) is 0.979. The summed E-state index contributed by atoms with van der Waals surface area (Å²) in [6.45, 7) is 1.88. The van der Waals surface area contributed by atoms with Gasteiger partial charge in [-0.3, -0.25) is 4.79 Å². The Kier molecular flexibility index (Phi) is 5.12. The first-order valence-corrected chi connectivity index (χ1v) is 4.75. The third kappa shape index (κ3) is 3.01. The van der Waals surface area contributed by atoms with Gasteiger partial charge in [0, 0.05) is 11.1 Å². The summed E-state index contributed by atoms with van der Waals surface area (Å²) >= 11 is 4.47. The lowest BCUT2D eigenvalue weighted by atomic mass is 10.5. The lowest BCUT2D eigenvalue weighted by molar-refractivity contribution is 0.102. The molecule has 0 saturated carbocycles. The second-order valence-corrected chi connectivity index (χ2v) is 3.27. The minimum atomic E-state index is 0. The molecule has 0 spiro atoms. The van der Waals surface area contributed by atoms with Crippen LogP contribution in [0.2, 0.25) is 0 Å². The van der Waals surface area contributed by atoms with Crippen LogP contribution in [0.25, 0.3) is 0 Å². The van der Waals surface area contributed by atoms with E-state index in [-0.39, 0.29) is 22.8 Å². The van der Waals surface area contributed by atoms with Gasteiger partial charge in [-0.25, -0.2) is 4.98 Å². The molecule has 0 bridgehead atoms. The number of ketones is 1. The van der Waals surface area contributed by atoms with Crippen molar-refractivity contribution in [3.63, 3.8) is 0 Å². The molecule has 0 aliphatic heterocycles. The van der Waals surface area contributed by atoms with Crippen molar-refractivity contribution in [3.05, 3.63) is 16.1 Å². The monoisotopic (exact) mass is 299 g/mol. The van der Waals surface area contributed by atoms with Crippen LogP contribution < -0.4 is 0 Å². The van der Waals surface area contributed by atoms with E-state index in [1.807, 2.05) is 12.3 Å². The Morgan fingerprint density at radius 3 is 2.82 bits per heavy atom. The zero-order chi connectivity index (χ0) is 7.56. The van der Waals surface area contributed by atoms with Crippen LogP contribution in [0.15, 0.2) is 5.38 Å². The van der Waals surface area contributed by atoms with Gasteiger partial charge in [0.2, 0.25) is 5.78 Å². The van der Waals surface area contributed by atoms with E-state index in [1.165, 1.54) is 11.3 Å². The molecular weight excluding hydrogens is 294 g/mol. The number of aromatic nitrogens is 1. The van der Waals surface area contributed by atoms with E-state index in [0.717, 1.165) is 5.69 Å². The molecule has 0 atom stereocenters. The number of thiazole rings is 1. The van der Waals surface area contributed by atoms with Crippen LogP contribution in [-0.4, -0.2) is 16.1 Å². The van der Waals surface area contributed by atoms with E-state index >= 15 is 0 Å². The number of hydrogen-bond donors (Lipinski definition) is 0. The molecule has 0 amide bonds. The maximum absolute atomic E-state index is 10.9. The van der Waals surface area contributed by atoms with Crippen molar-refractivity contribution in [2.24, 2.45) is 0 Å². The van der Waals surface area contributed by atoms with Gasteiger partial charge in [0.15, 0.2) is 5.01 Å². The number of carbonyl (C=O) groups is 1. The first-order chi connectivity index (χ1) is 4.74. The van der Waals surface area contributed by atoms with E-state index < -0.39 is 0 Å². The Balaban J connectivity index is 0.000001000. The highest BCUT2D eigenvalue weighted by atomic mass is 79.9. The number of nitrogens with zero attached hydrogens (tertiary/aromatic N) is 1. The number of alkyl halides is 1. The van der Waals surface area contributed by atoms with Gasteiger partial charge in [-0.2, -0.15) is 0 Å². The van der Waals surface area contributed by atoms with Crippen LogP contribution in [0.3, 0.4) is 0 Å². The summed E-state index contributed by atoms with van der Waals surface area (Å²) in [4.78, 5) is 14.9. The largest absolute Gasteiger partial charge is 0.291 e. The fraction of sp³-hybridized carbons (Fsp3) is 0.333. The number of Topliss-reactive ketones (excluding diaryl/α,β-unsaturated/α-hetero) is 1.